The van der Waals surface area contributed by atoms with Crippen molar-refractivity contribution in [1.82, 2.24) is 29.3 Å². The zero-order valence-electron chi connectivity index (χ0n) is 18.8. The maximum Gasteiger partial charge on any atom is 0.139 e. The van der Waals surface area contributed by atoms with E-state index < -0.39 is 0 Å². The number of imidazole rings is 1. The van der Waals surface area contributed by atoms with Crippen LogP contribution in [0, 0.1) is 0 Å². The van der Waals surface area contributed by atoms with Gasteiger partial charge in [0.25, 0.3) is 0 Å². The highest BCUT2D eigenvalue weighted by atomic mass is 16.5. The first-order valence-corrected chi connectivity index (χ1v) is 11.6. The summed E-state index contributed by atoms with van der Waals surface area (Å²) in [6.45, 7) is 3.06. The first-order chi connectivity index (χ1) is 16.7. The molecule has 1 aliphatic heterocycles. The Morgan fingerprint density at radius 2 is 1.94 bits per heavy atom. The molecule has 4 heterocycles. The van der Waals surface area contributed by atoms with Gasteiger partial charge in [0.15, 0.2) is 0 Å². The molecule has 0 aliphatic carbocycles. The van der Waals surface area contributed by atoms with Crippen LogP contribution in [0.15, 0.2) is 67.5 Å². The quantitative estimate of drug-likeness (QED) is 0.421. The Morgan fingerprint density at radius 3 is 2.79 bits per heavy atom. The SMILES string of the molecule is NC1CCN(c2cccc3ccc(-n4cnc5cc(OCCn6cncn6)ccc54)nc23)CC1. The molecule has 1 saturated heterocycles. The number of pyridine rings is 1. The number of piperidine rings is 1. The van der Waals surface area contributed by atoms with Crippen molar-refractivity contribution in [1.29, 1.82) is 0 Å². The summed E-state index contributed by atoms with van der Waals surface area (Å²) in [4.78, 5) is 16.0. The van der Waals surface area contributed by atoms with Crippen molar-refractivity contribution < 1.29 is 4.74 Å². The monoisotopic (exact) mass is 454 g/mol. The smallest absolute Gasteiger partial charge is 0.139 e. The third-order valence-corrected chi connectivity index (χ3v) is 6.39. The van der Waals surface area contributed by atoms with E-state index in [9.17, 15) is 0 Å². The Kier molecular flexibility index (Phi) is 5.31. The van der Waals surface area contributed by atoms with E-state index in [1.54, 1.807) is 11.0 Å². The predicted molar refractivity (Wildman–Crippen MR) is 131 cm³/mol. The number of hydrogen-bond acceptors (Lipinski definition) is 7. The van der Waals surface area contributed by atoms with Gasteiger partial charge in [0, 0.05) is 30.6 Å². The van der Waals surface area contributed by atoms with E-state index in [1.165, 1.54) is 12.0 Å². The molecule has 34 heavy (non-hydrogen) atoms. The molecular formula is C25H26N8O. The van der Waals surface area contributed by atoms with E-state index in [0.717, 1.165) is 59.4 Å². The van der Waals surface area contributed by atoms with Crippen LogP contribution in [0.1, 0.15) is 12.8 Å². The number of benzene rings is 2. The van der Waals surface area contributed by atoms with Crippen LogP contribution < -0.4 is 15.4 Å². The van der Waals surface area contributed by atoms with Gasteiger partial charge >= 0.3 is 0 Å². The molecular weight excluding hydrogens is 428 g/mol. The van der Waals surface area contributed by atoms with Gasteiger partial charge in [-0.15, -0.1) is 0 Å². The molecule has 0 unspecified atom stereocenters. The van der Waals surface area contributed by atoms with Crippen molar-refractivity contribution >= 4 is 27.6 Å². The summed E-state index contributed by atoms with van der Waals surface area (Å²) in [5.74, 6) is 1.62. The number of nitrogens with two attached hydrogens (primary N) is 1. The Balaban J connectivity index is 1.28. The van der Waals surface area contributed by atoms with E-state index in [-0.39, 0.29) is 0 Å². The fraction of sp³-hybridized carbons (Fsp3) is 0.280. The summed E-state index contributed by atoms with van der Waals surface area (Å²) >= 11 is 0. The molecule has 6 rings (SSSR count). The van der Waals surface area contributed by atoms with Crippen LogP contribution in [0.3, 0.4) is 0 Å². The van der Waals surface area contributed by atoms with E-state index in [1.807, 2.05) is 35.2 Å². The summed E-state index contributed by atoms with van der Waals surface area (Å²) in [7, 11) is 0. The average molecular weight is 455 g/mol. The summed E-state index contributed by atoms with van der Waals surface area (Å²) in [5, 5.41) is 5.22. The minimum atomic E-state index is 0.295. The zero-order valence-corrected chi connectivity index (χ0v) is 18.8. The molecule has 2 N–H and O–H groups in total. The Morgan fingerprint density at radius 1 is 1.03 bits per heavy atom. The number of nitrogens with zero attached hydrogens (tertiary/aromatic N) is 7. The molecule has 9 nitrogen and oxygen atoms in total. The Bertz CT molecular complexity index is 1420. The Hall–Kier alpha value is -3.98. The molecule has 1 fully saturated rings. The molecule has 0 atom stereocenters. The van der Waals surface area contributed by atoms with Crippen LogP contribution in [-0.2, 0) is 6.54 Å². The van der Waals surface area contributed by atoms with Crippen molar-refractivity contribution in [2.75, 3.05) is 24.6 Å². The minimum Gasteiger partial charge on any atom is -0.492 e. The number of aromatic nitrogens is 6. The van der Waals surface area contributed by atoms with Crippen molar-refractivity contribution in [2.45, 2.75) is 25.4 Å². The van der Waals surface area contributed by atoms with Gasteiger partial charge in [0.2, 0.25) is 0 Å². The number of anilines is 1. The summed E-state index contributed by atoms with van der Waals surface area (Å²) in [6, 6.07) is 16.8. The molecule has 9 heteroatoms. The average Bonchev–Trinajstić information content (AvgIpc) is 3.54. The van der Waals surface area contributed by atoms with Gasteiger partial charge in [-0.25, -0.2) is 19.6 Å². The van der Waals surface area contributed by atoms with E-state index in [2.05, 4.69) is 44.2 Å². The van der Waals surface area contributed by atoms with E-state index >= 15 is 0 Å². The molecule has 0 amide bonds. The van der Waals surface area contributed by atoms with Gasteiger partial charge < -0.3 is 15.4 Å². The van der Waals surface area contributed by atoms with Gasteiger partial charge in [-0.3, -0.25) is 4.57 Å². The number of hydrogen-bond donors (Lipinski definition) is 1. The largest absolute Gasteiger partial charge is 0.492 e. The number of rotatable bonds is 6. The van der Waals surface area contributed by atoms with Crippen LogP contribution in [0.25, 0.3) is 27.8 Å². The van der Waals surface area contributed by atoms with Gasteiger partial charge in [0.1, 0.15) is 37.2 Å². The standard InChI is InChI=1S/C25H26N8O/c26-19-8-10-31(11-9-19)23-3-1-2-18-4-7-24(30-25(18)23)33-17-28-21-14-20(5-6-22(21)33)34-13-12-32-16-27-15-29-32/h1-7,14-17,19H,8-13,26H2. The molecule has 5 aromatic rings. The van der Waals surface area contributed by atoms with Crippen molar-refractivity contribution in [3.63, 3.8) is 0 Å². The molecule has 1 aliphatic rings. The highest BCUT2D eigenvalue weighted by molar-refractivity contribution is 5.92. The van der Waals surface area contributed by atoms with Crippen molar-refractivity contribution in [3.05, 3.63) is 67.5 Å². The van der Waals surface area contributed by atoms with E-state index in [0.29, 0.717) is 19.2 Å². The van der Waals surface area contributed by atoms with Crippen molar-refractivity contribution in [3.8, 4) is 11.6 Å². The second-order valence-electron chi connectivity index (χ2n) is 8.61. The molecule has 3 aromatic heterocycles. The highest BCUT2D eigenvalue weighted by Crippen LogP contribution is 2.29. The first-order valence-electron chi connectivity index (χ1n) is 11.6. The van der Waals surface area contributed by atoms with Crippen LogP contribution in [0.5, 0.6) is 5.75 Å². The second kappa shape index (κ2) is 8.75. The minimum absolute atomic E-state index is 0.295. The van der Waals surface area contributed by atoms with Crippen LogP contribution in [-0.4, -0.2) is 55.0 Å². The van der Waals surface area contributed by atoms with Crippen molar-refractivity contribution in [2.24, 2.45) is 5.73 Å². The Labute approximate surface area is 196 Å². The predicted octanol–water partition coefficient (Wildman–Crippen LogP) is 3.17. The third kappa shape index (κ3) is 3.94. The second-order valence-corrected chi connectivity index (χ2v) is 8.61. The van der Waals surface area contributed by atoms with Gasteiger partial charge in [0.05, 0.1) is 28.8 Å². The lowest BCUT2D eigenvalue weighted by molar-refractivity contribution is 0.291. The van der Waals surface area contributed by atoms with E-state index in [4.69, 9.17) is 15.5 Å². The molecule has 0 spiro atoms. The van der Waals surface area contributed by atoms with Gasteiger partial charge in [-0.05, 0) is 43.2 Å². The zero-order chi connectivity index (χ0) is 22.9. The number of para-hydroxylation sites is 1. The number of ether oxygens (including phenoxy) is 1. The molecule has 2 aromatic carbocycles. The highest BCUT2D eigenvalue weighted by Gasteiger charge is 2.19. The van der Waals surface area contributed by atoms with Crippen LogP contribution in [0.2, 0.25) is 0 Å². The lowest BCUT2D eigenvalue weighted by Crippen LogP contribution is -2.39. The molecule has 172 valence electrons. The fourth-order valence-corrected chi connectivity index (χ4v) is 4.52. The molecule has 0 bridgehead atoms. The summed E-state index contributed by atoms with van der Waals surface area (Å²) in [6.07, 6.45) is 7.03. The third-order valence-electron chi connectivity index (χ3n) is 6.39. The van der Waals surface area contributed by atoms with Gasteiger partial charge in [-0.2, -0.15) is 5.10 Å². The molecule has 0 radical (unpaired) electrons. The first kappa shape index (κ1) is 20.6. The summed E-state index contributed by atoms with van der Waals surface area (Å²) < 4.78 is 9.65. The maximum atomic E-state index is 6.12. The normalized spacial score (nSPS) is 14.8. The lowest BCUT2D eigenvalue weighted by Gasteiger charge is -2.32. The molecule has 0 saturated carbocycles. The topological polar surface area (TPSA) is 99.9 Å². The maximum absolute atomic E-state index is 6.12. The van der Waals surface area contributed by atoms with Crippen LogP contribution >= 0.6 is 0 Å². The number of fused-ring (bicyclic) bond motifs is 2. The lowest BCUT2D eigenvalue weighted by atomic mass is 10.0. The van der Waals surface area contributed by atoms with Crippen LogP contribution in [0.4, 0.5) is 5.69 Å². The summed E-state index contributed by atoms with van der Waals surface area (Å²) in [5.41, 5.74) is 10.1. The van der Waals surface area contributed by atoms with Gasteiger partial charge in [-0.1, -0.05) is 12.1 Å². The fourth-order valence-electron chi connectivity index (χ4n) is 4.52.